The fourth-order valence-corrected chi connectivity index (χ4v) is 2.96. The molecule has 0 saturated carbocycles. The Morgan fingerprint density at radius 1 is 1.35 bits per heavy atom. The summed E-state index contributed by atoms with van der Waals surface area (Å²) >= 11 is 13.4. The molecule has 0 unspecified atom stereocenters. The second kappa shape index (κ2) is 9.06. The molecular weight excluding hydrogens is 400 g/mol. The molecule has 1 aromatic heterocycles. The maximum Gasteiger partial charge on any atom is 0.270 e. The van der Waals surface area contributed by atoms with E-state index < -0.39 is 5.54 Å². The van der Waals surface area contributed by atoms with E-state index in [-0.39, 0.29) is 30.7 Å². The first-order chi connectivity index (χ1) is 9.76. The van der Waals surface area contributed by atoms with Gasteiger partial charge in [-0.2, -0.15) is 0 Å². The van der Waals surface area contributed by atoms with E-state index in [4.69, 9.17) is 28.9 Å². The molecule has 0 radical (unpaired) electrons. The highest BCUT2D eigenvalue weighted by Crippen LogP contribution is 2.32. The zero-order chi connectivity index (χ0) is 15.6. The lowest BCUT2D eigenvalue weighted by molar-refractivity contribution is 0.0942. The number of nitrogens with one attached hydrogen (secondary N) is 1. The van der Waals surface area contributed by atoms with Crippen LogP contribution in [0.25, 0.3) is 10.6 Å². The fraction of sp³-hybridized carbons (Fsp3) is 0.286. The molecule has 1 heterocycles. The van der Waals surface area contributed by atoms with Crippen LogP contribution in [0.4, 0.5) is 0 Å². The van der Waals surface area contributed by atoms with Crippen LogP contribution in [0.1, 0.15) is 24.3 Å². The smallest absolute Gasteiger partial charge is 0.270 e. The standard InChI is InChI=1S/C14H15Cl2N3OS.2ClH/c1-14(2,17)7-18-12(20)11-6-21-13(19-11)9-4-3-8(15)5-10(9)16;;/h3-6H,7,17H2,1-2H3,(H,18,20);2*1H. The summed E-state index contributed by atoms with van der Waals surface area (Å²) in [5.74, 6) is -0.249. The highest BCUT2D eigenvalue weighted by Gasteiger charge is 2.16. The number of nitrogens with zero attached hydrogens (tertiary/aromatic N) is 1. The van der Waals surface area contributed by atoms with E-state index in [0.29, 0.717) is 27.3 Å². The molecule has 128 valence electrons. The van der Waals surface area contributed by atoms with Crippen LogP contribution in [0.3, 0.4) is 0 Å². The lowest BCUT2D eigenvalue weighted by Gasteiger charge is -2.18. The number of rotatable bonds is 4. The number of benzene rings is 1. The quantitative estimate of drug-likeness (QED) is 0.774. The first-order valence-electron chi connectivity index (χ1n) is 6.24. The molecule has 4 nitrogen and oxygen atoms in total. The van der Waals surface area contributed by atoms with Gasteiger partial charge >= 0.3 is 0 Å². The molecule has 1 amide bonds. The van der Waals surface area contributed by atoms with Gasteiger partial charge in [-0.1, -0.05) is 23.2 Å². The molecule has 23 heavy (non-hydrogen) atoms. The summed E-state index contributed by atoms with van der Waals surface area (Å²) in [5, 5.41) is 6.19. The Morgan fingerprint density at radius 2 is 2.00 bits per heavy atom. The Hall–Kier alpha value is -0.560. The number of amides is 1. The summed E-state index contributed by atoms with van der Waals surface area (Å²) < 4.78 is 0. The van der Waals surface area contributed by atoms with Gasteiger partial charge in [-0.05, 0) is 32.0 Å². The second-order valence-electron chi connectivity index (χ2n) is 5.33. The predicted molar refractivity (Wildman–Crippen MR) is 103 cm³/mol. The molecule has 0 spiro atoms. The number of hydrogen-bond donors (Lipinski definition) is 2. The van der Waals surface area contributed by atoms with Crippen LogP contribution < -0.4 is 11.1 Å². The zero-order valence-electron chi connectivity index (χ0n) is 12.4. The minimum absolute atomic E-state index is 0. The van der Waals surface area contributed by atoms with Gasteiger partial charge in [-0.3, -0.25) is 4.79 Å². The van der Waals surface area contributed by atoms with Crippen LogP contribution >= 0.6 is 59.4 Å². The van der Waals surface area contributed by atoms with Gasteiger partial charge in [0.25, 0.3) is 5.91 Å². The Morgan fingerprint density at radius 3 is 2.57 bits per heavy atom. The third kappa shape index (κ3) is 6.45. The summed E-state index contributed by atoms with van der Waals surface area (Å²) in [6.07, 6.45) is 0. The van der Waals surface area contributed by atoms with E-state index in [1.54, 1.807) is 23.6 Å². The van der Waals surface area contributed by atoms with Crippen LogP contribution in [0.5, 0.6) is 0 Å². The number of thiazole rings is 1. The van der Waals surface area contributed by atoms with E-state index >= 15 is 0 Å². The van der Waals surface area contributed by atoms with E-state index in [2.05, 4.69) is 10.3 Å². The number of carbonyl (C=O) groups is 1. The Labute approximate surface area is 161 Å². The number of aromatic nitrogens is 1. The third-order valence-corrected chi connectivity index (χ3v) is 4.03. The van der Waals surface area contributed by atoms with Gasteiger partial charge in [0.2, 0.25) is 0 Å². The van der Waals surface area contributed by atoms with Crippen molar-refractivity contribution in [2.75, 3.05) is 6.54 Å². The molecular formula is C14H17Cl4N3OS. The molecule has 0 bridgehead atoms. The van der Waals surface area contributed by atoms with Crippen molar-refractivity contribution < 1.29 is 4.79 Å². The van der Waals surface area contributed by atoms with Crippen molar-refractivity contribution in [3.05, 3.63) is 39.3 Å². The van der Waals surface area contributed by atoms with Gasteiger partial charge in [0.05, 0.1) is 5.02 Å². The number of nitrogens with two attached hydrogens (primary N) is 1. The minimum Gasteiger partial charge on any atom is -0.349 e. The maximum absolute atomic E-state index is 12.0. The number of carbonyl (C=O) groups excluding carboxylic acids is 1. The lowest BCUT2D eigenvalue weighted by atomic mass is 10.1. The fourth-order valence-electron chi connectivity index (χ4n) is 1.56. The van der Waals surface area contributed by atoms with E-state index in [0.717, 1.165) is 5.56 Å². The van der Waals surface area contributed by atoms with Crippen molar-refractivity contribution in [1.82, 2.24) is 10.3 Å². The van der Waals surface area contributed by atoms with Gasteiger partial charge in [0.1, 0.15) is 10.7 Å². The van der Waals surface area contributed by atoms with E-state index in [1.165, 1.54) is 11.3 Å². The van der Waals surface area contributed by atoms with E-state index in [9.17, 15) is 4.79 Å². The molecule has 2 rings (SSSR count). The third-order valence-electron chi connectivity index (χ3n) is 2.60. The topological polar surface area (TPSA) is 68.0 Å². The monoisotopic (exact) mass is 415 g/mol. The second-order valence-corrected chi connectivity index (χ2v) is 7.04. The zero-order valence-corrected chi connectivity index (χ0v) is 16.4. The average molecular weight is 417 g/mol. The SMILES string of the molecule is CC(C)(N)CNC(=O)c1csc(-c2ccc(Cl)cc2Cl)n1.Cl.Cl. The first kappa shape index (κ1) is 22.4. The van der Waals surface area contributed by atoms with E-state index in [1.807, 2.05) is 13.8 Å². The molecule has 0 saturated heterocycles. The van der Waals surface area contributed by atoms with Gasteiger partial charge in [-0.15, -0.1) is 36.2 Å². The molecule has 2 aromatic rings. The van der Waals surface area contributed by atoms with Crippen molar-refractivity contribution in [1.29, 1.82) is 0 Å². The van der Waals surface area contributed by atoms with Crippen LogP contribution in [0.2, 0.25) is 10.0 Å². The average Bonchev–Trinajstić information content (AvgIpc) is 2.84. The summed E-state index contributed by atoms with van der Waals surface area (Å²) in [4.78, 5) is 16.3. The van der Waals surface area contributed by atoms with Crippen molar-refractivity contribution in [2.24, 2.45) is 5.73 Å². The lowest BCUT2D eigenvalue weighted by Crippen LogP contribution is -2.45. The van der Waals surface area contributed by atoms with Crippen molar-refractivity contribution in [2.45, 2.75) is 19.4 Å². The van der Waals surface area contributed by atoms with Gasteiger partial charge < -0.3 is 11.1 Å². The molecule has 3 N–H and O–H groups in total. The Bertz CT molecular complexity index is 670. The van der Waals surface area contributed by atoms with Crippen molar-refractivity contribution >= 4 is 65.3 Å². The van der Waals surface area contributed by atoms with Crippen molar-refractivity contribution in [3.63, 3.8) is 0 Å². The highest BCUT2D eigenvalue weighted by atomic mass is 35.5. The highest BCUT2D eigenvalue weighted by molar-refractivity contribution is 7.13. The summed E-state index contributed by atoms with van der Waals surface area (Å²) in [5.41, 5.74) is 6.47. The Balaban J connectivity index is 0.00000242. The van der Waals surface area contributed by atoms with Crippen molar-refractivity contribution in [3.8, 4) is 10.6 Å². The van der Waals surface area contributed by atoms with Gasteiger partial charge in [0, 0.05) is 28.0 Å². The van der Waals surface area contributed by atoms with Crippen LogP contribution in [-0.2, 0) is 0 Å². The molecule has 0 aliphatic rings. The largest absolute Gasteiger partial charge is 0.349 e. The molecule has 0 fully saturated rings. The van der Waals surface area contributed by atoms with Crippen LogP contribution in [-0.4, -0.2) is 23.0 Å². The molecule has 0 aliphatic heterocycles. The predicted octanol–water partition coefficient (Wildman–Crippen LogP) is 4.43. The molecule has 0 aliphatic carbocycles. The Kier molecular flexibility index (Phi) is 8.84. The molecule has 0 atom stereocenters. The minimum atomic E-state index is -0.464. The number of halogens is 4. The van der Waals surface area contributed by atoms with Gasteiger partial charge in [-0.25, -0.2) is 4.98 Å². The van der Waals surface area contributed by atoms with Gasteiger partial charge in [0.15, 0.2) is 0 Å². The summed E-state index contributed by atoms with van der Waals surface area (Å²) in [6, 6.07) is 5.17. The first-order valence-corrected chi connectivity index (χ1v) is 7.88. The summed E-state index contributed by atoms with van der Waals surface area (Å²) in [6.45, 7) is 4.06. The molecule has 1 aromatic carbocycles. The van der Waals surface area contributed by atoms with Crippen LogP contribution in [0.15, 0.2) is 23.6 Å². The normalized spacial score (nSPS) is 10.5. The maximum atomic E-state index is 12.0. The number of hydrogen-bond acceptors (Lipinski definition) is 4. The molecule has 9 heteroatoms. The van der Waals surface area contributed by atoms with Crippen LogP contribution in [0, 0.1) is 0 Å². The summed E-state index contributed by atoms with van der Waals surface area (Å²) in [7, 11) is 0.